The quantitative estimate of drug-likeness (QED) is 0.251. The summed E-state index contributed by atoms with van der Waals surface area (Å²) in [5, 5.41) is 8.52. The molecule has 0 N–H and O–H groups in total. The highest BCUT2D eigenvalue weighted by Gasteiger charge is 2.26. The summed E-state index contributed by atoms with van der Waals surface area (Å²) in [6.07, 6.45) is 3.60. The molecule has 0 aliphatic carbocycles. The molecule has 1 aliphatic heterocycles. The van der Waals surface area contributed by atoms with Crippen molar-refractivity contribution in [2.45, 2.75) is 19.6 Å². The van der Waals surface area contributed by atoms with E-state index in [1.165, 1.54) is 18.5 Å². The lowest BCUT2D eigenvalue weighted by atomic mass is 10.1. The number of hydrogen-bond donors (Lipinski definition) is 0. The molecule has 11 heteroatoms. The second kappa shape index (κ2) is 9.59. The Bertz CT molecular complexity index is 1790. The molecular weight excluding hydrogens is 565 g/mol. The number of fused-ring (bicyclic) bond motifs is 5. The van der Waals surface area contributed by atoms with E-state index in [-0.39, 0.29) is 5.82 Å². The van der Waals surface area contributed by atoms with E-state index in [2.05, 4.69) is 41.1 Å². The molecule has 0 amide bonds. The van der Waals surface area contributed by atoms with Crippen LogP contribution in [0.1, 0.15) is 22.7 Å². The second-order valence-electron chi connectivity index (χ2n) is 9.06. The maximum absolute atomic E-state index is 14.1. The van der Waals surface area contributed by atoms with Gasteiger partial charge in [0.15, 0.2) is 5.82 Å². The zero-order chi connectivity index (χ0) is 26.3. The highest BCUT2D eigenvalue weighted by Crippen LogP contribution is 2.33. The van der Waals surface area contributed by atoms with Crippen LogP contribution < -0.4 is 4.74 Å². The highest BCUT2D eigenvalue weighted by atomic mass is 79.9. The monoisotopic (exact) mass is 583 g/mol. The van der Waals surface area contributed by atoms with Gasteiger partial charge in [0.25, 0.3) is 0 Å². The van der Waals surface area contributed by atoms with Crippen molar-refractivity contribution in [1.82, 2.24) is 34.5 Å². The Hall–Kier alpha value is -4.64. The van der Waals surface area contributed by atoms with E-state index in [9.17, 15) is 4.39 Å². The van der Waals surface area contributed by atoms with Gasteiger partial charge in [0, 0.05) is 10.0 Å². The van der Waals surface area contributed by atoms with Crippen LogP contribution in [0.25, 0.3) is 28.6 Å². The molecule has 0 saturated heterocycles. The molecule has 3 aromatic carbocycles. The summed E-state index contributed by atoms with van der Waals surface area (Å²) in [6.45, 7) is 0.858. The minimum Gasteiger partial charge on any atom is -0.489 e. The number of aromatic nitrogens is 7. The van der Waals surface area contributed by atoms with Crippen molar-refractivity contribution in [3.05, 3.63) is 112 Å². The predicted octanol–water partition coefficient (Wildman–Crippen LogP) is 5.61. The maximum Gasteiger partial charge on any atom is 0.231 e. The fourth-order valence-electron chi connectivity index (χ4n) is 4.60. The lowest BCUT2D eigenvalue weighted by molar-refractivity contribution is 0.306. The van der Waals surface area contributed by atoms with E-state index < -0.39 is 0 Å². The largest absolute Gasteiger partial charge is 0.489 e. The average molecular weight is 584 g/mol. The molecule has 39 heavy (non-hydrogen) atoms. The van der Waals surface area contributed by atoms with Crippen LogP contribution in [0.2, 0.25) is 0 Å². The van der Waals surface area contributed by atoms with Gasteiger partial charge in [-0.15, -0.1) is 0 Å². The van der Waals surface area contributed by atoms with E-state index in [0.717, 1.165) is 32.7 Å². The van der Waals surface area contributed by atoms with Gasteiger partial charge in [0.2, 0.25) is 11.7 Å². The molecule has 0 fully saturated rings. The molecule has 7 rings (SSSR count). The van der Waals surface area contributed by atoms with Crippen molar-refractivity contribution < 1.29 is 13.7 Å². The van der Waals surface area contributed by atoms with Crippen molar-refractivity contribution in [3.63, 3.8) is 0 Å². The Kier molecular flexibility index (Phi) is 5.77. The molecule has 0 bridgehead atoms. The molecule has 192 valence electrons. The zero-order valence-electron chi connectivity index (χ0n) is 20.3. The third kappa shape index (κ3) is 4.50. The SMILES string of the molecule is Fc1ccc2c(c1)-c1ncnn1Cc1c(-c3noc(Cc4ccc(OCc5ccc(Br)cc5)cc4)n3)ncn1-2. The van der Waals surface area contributed by atoms with Crippen LogP contribution in [0.4, 0.5) is 4.39 Å². The van der Waals surface area contributed by atoms with Gasteiger partial charge in [0.05, 0.1) is 24.3 Å². The zero-order valence-corrected chi connectivity index (χ0v) is 21.9. The molecule has 0 atom stereocenters. The first kappa shape index (κ1) is 23.5. The second-order valence-corrected chi connectivity index (χ2v) is 9.98. The molecule has 4 heterocycles. The fourth-order valence-corrected chi connectivity index (χ4v) is 4.86. The lowest BCUT2D eigenvalue weighted by Crippen LogP contribution is -2.06. The van der Waals surface area contributed by atoms with Crippen LogP contribution in [-0.2, 0) is 19.6 Å². The van der Waals surface area contributed by atoms with E-state index in [0.29, 0.717) is 48.4 Å². The van der Waals surface area contributed by atoms with Gasteiger partial charge in [-0.2, -0.15) is 10.1 Å². The van der Waals surface area contributed by atoms with Crippen LogP contribution >= 0.6 is 15.9 Å². The normalized spacial score (nSPS) is 11.9. The minimum atomic E-state index is -0.348. The minimum absolute atomic E-state index is 0.348. The topological polar surface area (TPSA) is 96.7 Å². The van der Waals surface area contributed by atoms with Crippen molar-refractivity contribution in [3.8, 4) is 34.3 Å². The molecule has 0 radical (unpaired) electrons. The van der Waals surface area contributed by atoms with Gasteiger partial charge >= 0.3 is 0 Å². The average Bonchev–Trinajstić information content (AvgIpc) is 3.69. The van der Waals surface area contributed by atoms with Gasteiger partial charge in [-0.25, -0.2) is 19.0 Å². The summed E-state index contributed by atoms with van der Waals surface area (Å²) in [5.74, 6) is 1.85. The van der Waals surface area contributed by atoms with Gasteiger partial charge in [-0.3, -0.25) is 4.57 Å². The lowest BCUT2D eigenvalue weighted by Gasteiger charge is -2.08. The fraction of sp³-hybridized carbons (Fsp3) is 0.107. The number of ether oxygens (including phenoxy) is 1. The van der Waals surface area contributed by atoms with Crippen LogP contribution in [0.5, 0.6) is 5.75 Å². The summed E-state index contributed by atoms with van der Waals surface area (Å²) >= 11 is 3.44. The number of halogens is 2. The summed E-state index contributed by atoms with van der Waals surface area (Å²) in [4.78, 5) is 13.5. The first-order valence-electron chi connectivity index (χ1n) is 12.1. The Labute approximate surface area is 230 Å². The van der Waals surface area contributed by atoms with Gasteiger partial charge in [-0.05, 0) is 53.6 Å². The van der Waals surface area contributed by atoms with E-state index in [1.54, 1.807) is 17.1 Å². The predicted molar refractivity (Wildman–Crippen MR) is 143 cm³/mol. The summed E-state index contributed by atoms with van der Waals surface area (Å²) in [7, 11) is 0. The van der Waals surface area contributed by atoms with Crippen molar-refractivity contribution in [2.24, 2.45) is 0 Å². The van der Waals surface area contributed by atoms with Crippen LogP contribution in [0.15, 0.2) is 88.4 Å². The Morgan fingerprint density at radius 3 is 2.64 bits per heavy atom. The number of benzene rings is 3. The van der Waals surface area contributed by atoms with E-state index in [4.69, 9.17) is 9.26 Å². The number of hydrogen-bond acceptors (Lipinski definition) is 7. The number of imidazole rings is 1. The first-order chi connectivity index (χ1) is 19.1. The first-order valence-corrected chi connectivity index (χ1v) is 12.9. The highest BCUT2D eigenvalue weighted by molar-refractivity contribution is 9.10. The van der Waals surface area contributed by atoms with Crippen molar-refractivity contribution >= 4 is 15.9 Å². The molecule has 6 aromatic rings. The summed E-state index contributed by atoms with van der Waals surface area (Å²) in [6, 6.07) is 20.4. The molecule has 1 aliphatic rings. The molecular formula is C28H19BrFN7O2. The number of rotatable bonds is 6. The Morgan fingerprint density at radius 2 is 1.79 bits per heavy atom. The standard InChI is InChI=1S/C28H19BrFN7O2/c29-19-5-1-18(2-6-19)14-38-21-8-3-17(4-9-21)11-25-34-27(35-39-25)26-24-13-37-28(31-15-33-37)22-12-20(30)7-10-23(22)36(24)16-32-26/h1-10,12,15-16H,11,13-14H2. The summed E-state index contributed by atoms with van der Waals surface area (Å²) in [5.41, 5.74) is 4.85. The Morgan fingerprint density at radius 1 is 0.974 bits per heavy atom. The molecule has 3 aromatic heterocycles. The van der Waals surface area contributed by atoms with Crippen molar-refractivity contribution in [2.75, 3.05) is 0 Å². The Balaban J connectivity index is 1.10. The maximum atomic E-state index is 14.1. The smallest absolute Gasteiger partial charge is 0.231 e. The van der Waals surface area contributed by atoms with E-state index >= 15 is 0 Å². The number of nitrogens with zero attached hydrogens (tertiary/aromatic N) is 7. The van der Waals surface area contributed by atoms with E-state index in [1.807, 2.05) is 53.1 Å². The molecule has 0 saturated carbocycles. The van der Waals surface area contributed by atoms with Gasteiger partial charge in [0.1, 0.15) is 36.5 Å². The molecule has 0 spiro atoms. The molecule has 0 unspecified atom stereocenters. The van der Waals surface area contributed by atoms with Crippen molar-refractivity contribution in [1.29, 1.82) is 0 Å². The summed E-state index contributed by atoms with van der Waals surface area (Å²) < 4.78 is 30.2. The van der Waals surface area contributed by atoms with Crippen LogP contribution in [0, 0.1) is 5.82 Å². The van der Waals surface area contributed by atoms with Gasteiger partial charge in [-0.1, -0.05) is 45.4 Å². The molecule has 9 nitrogen and oxygen atoms in total. The van der Waals surface area contributed by atoms with Gasteiger partial charge < -0.3 is 9.26 Å². The van der Waals surface area contributed by atoms with Crippen LogP contribution in [-0.4, -0.2) is 34.5 Å². The third-order valence-corrected chi connectivity index (χ3v) is 7.05. The van der Waals surface area contributed by atoms with Crippen LogP contribution in [0.3, 0.4) is 0 Å². The third-order valence-electron chi connectivity index (χ3n) is 6.52.